The zero-order chi connectivity index (χ0) is 25.3. The Morgan fingerprint density at radius 2 is 1.94 bits per heavy atom. The van der Waals surface area contributed by atoms with Gasteiger partial charge in [-0.1, -0.05) is 18.5 Å². The summed E-state index contributed by atoms with van der Waals surface area (Å²) < 4.78 is 10.6. The number of hydrogen-bond donors (Lipinski definition) is 5. The Balaban J connectivity index is 0.000000273. The molecule has 2 aliphatic rings. The van der Waals surface area contributed by atoms with E-state index in [0.717, 1.165) is 66.3 Å². The monoisotopic (exact) mass is 493 g/mol. The minimum Gasteiger partial charge on any atom is -0.444 e. The molecule has 2 fully saturated rings. The van der Waals surface area contributed by atoms with Gasteiger partial charge in [0.05, 0.1) is 0 Å². The van der Waals surface area contributed by atoms with Crippen LogP contribution in [0.5, 0.6) is 0 Å². The molecule has 2 amide bonds. The lowest BCUT2D eigenvalue weighted by Gasteiger charge is -2.27. The van der Waals surface area contributed by atoms with Crippen LogP contribution in [0.25, 0.3) is 0 Å². The van der Waals surface area contributed by atoms with Crippen LogP contribution in [0.15, 0.2) is 12.1 Å². The number of hydrogen-bond acceptors (Lipinski definition) is 7. The van der Waals surface area contributed by atoms with Crippen molar-refractivity contribution < 1.29 is 19.1 Å². The molecule has 1 heterocycles. The van der Waals surface area contributed by atoms with Gasteiger partial charge >= 0.3 is 6.09 Å². The van der Waals surface area contributed by atoms with E-state index in [2.05, 4.69) is 12.2 Å². The summed E-state index contributed by atoms with van der Waals surface area (Å²) in [5.41, 5.74) is 3.25. The van der Waals surface area contributed by atoms with Crippen LogP contribution in [-0.4, -0.2) is 42.6 Å². The first kappa shape index (κ1) is 27.6. The summed E-state index contributed by atoms with van der Waals surface area (Å²) in [6.45, 7) is 8.02. The summed E-state index contributed by atoms with van der Waals surface area (Å²) >= 11 is 6.36. The second kappa shape index (κ2) is 12.7. The SMILES string of the molecule is CC(C)(C)OC(=O)NC(=N)NC=O.CCc1c(Cl)ccc(NC2CCCCO2)c1C(=N)C1CC1. The molecule has 1 unspecified atom stereocenters. The molecule has 9 nitrogen and oxygen atoms in total. The van der Waals surface area contributed by atoms with Gasteiger partial charge in [0, 0.05) is 34.5 Å². The average molecular weight is 494 g/mol. The smallest absolute Gasteiger partial charge is 0.414 e. The van der Waals surface area contributed by atoms with Crippen molar-refractivity contribution in [3.63, 3.8) is 0 Å². The van der Waals surface area contributed by atoms with E-state index in [1.807, 2.05) is 22.8 Å². The lowest BCUT2D eigenvalue weighted by atomic mass is 9.96. The lowest BCUT2D eigenvalue weighted by Crippen LogP contribution is -2.42. The summed E-state index contributed by atoms with van der Waals surface area (Å²) in [5, 5.41) is 23.7. The molecule has 10 heteroatoms. The maximum absolute atomic E-state index is 10.9. The number of nitrogens with one attached hydrogen (secondary N) is 5. The van der Waals surface area contributed by atoms with E-state index in [1.165, 1.54) is 6.42 Å². The molecule has 0 spiro atoms. The molecule has 1 aliphatic heterocycles. The van der Waals surface area contributed by atoms with Gasteiger partial charge in [0.2, 0.25) is 12.4 Å². The molecule has 1 aromatic carbocycles. The van der Waals surface area contributed by atoms with Gasteiger partial charge in [-0.05, 0) is 77.0 Å². The maximum Gasteiger partial charge on any atom is 0.414 e. The Kier molecular flexibility index (Phi) is 10.3. The minimum atomic E-state index is -0.771. The molecule has 34 heavy (non-hydrogen) atoms. The number of guanidine groups is 1. The van der Waals surface area contributed by atoms with Crippen LogP contribution in [0.4, 0.5) is 10.5 Å². The molecule has 3 rings (SSSR count). The highest BCUT2D eigenvalue weighted by Gasteiger charge is 2.31. The Labute approximate surface area is 206 Å². The quantitative estimate of drug-likeness (QED) is 0.220. The second-order valence-corrected chi connectivity index (χ2v) is 9.66. The van der Waals surface area contributed by atoms with E-state index >= 15 is 0 Å². The van der Waals surface area contributed by atoms with E-state index in [4.69, 9.17) is 31.9 Å². The van der Waals surface area contributed by atoms with Crippen molar-refractivity contribution in [3.8, 4) is 0 Å². The zero-order valence-electron chi connectivity index (χ0n) is 20.3. The molecule has 1 saturated heterocycles. The third kappa shape index (κ3) is 8.95. The molecule has 5 N–H and O–H groups in total. The number of carbonyl (C=O) groups is 2. The van der Waals surface area contributed by atoms with Gasteiger partial charge in [-0.3, -0.25) is 20.8 Å². The molecule has 0 bridgehead atoms. The fraction of sp³-hybridized carbons (Fsp3) is 0.583. The topological polar surface area (TPSA) is 136 Å². The third-order valence-electron chi connectivity index (χ3n) is 5.19. The fourth-order valence-electron chi connectivity index (χ4n) is 3.50. The van der Waals surface area contributed by atoms with Crippen molar-refractivity contribution >= 4 is 41.5 Å². The van der Waals surface area contributed by atoms with Crippen LogP contribution in [-0.2, 0) is 20.7 Å². The van der Waals surface area contributed by atoms with Crippen molar-refractivity contribution in [1.82, 2.24) is 10.6 Å². The van der Waals surface area contributed by atoms with Gasteiger partial charge in [0.25, 0.3) is 0 Å². The Bertz CT molecular complexity index is 890. The fourth-order valence-corrected chi connectivity index (χ4v) is 3.79. The summed E-state index contributed by atoms with van der Waals surface area (Å²) in [5.74, 6) is 0.00541. The van der Waals surface area contributed by atoms with Gasteiger partial charge < -0.3 is 20.2 Å². The Hall–Kier alpha value is -2.65. The second-order valence-electron chi connectivity index (χ2n) is 9.25. The number of carbonyl (C=O) groups excluding carboxylic acids is 2. The number of anilines is 1. The molecule has 1 aromatic rings. The first-order valence-corrected chi connectivity index (χ1v) is 12.0. The number of benzene rings is 1. The molecule has 0 radical (unpaired) electrons. The number of amides is 2. The van der Waals surface area contributed by atoms with Crippen LogP contribution in [0, 0.1) is 16.7 Å². The number of ether oxygens (including phenoxy) is 2. The average Bonchev–Trinajstić information content (AvgIpc) is 3.59. The third-order valence-corrected chi connectivity index (χ3v) is 5.54. The Morgan fingerprint density at radius 1 is 1.24 bits per heavy atom. The zero-order valence-corrected chi connectivity index (χ0v) is 21.1. The predicted octanol–water partition coefficient (Wildman–Crippen LogP) is 4.81. The summed E-state index contributed by atoms with van der Waals surface area (Å²) in [6.07, 6.45) is 6.07. The molecule has 188 valence electrons. The number of alkyl carbamates (subject to hydrolysis) is 1. The molecule has 0 aromatic heterocycles. The Morgan fingerprint density at radius 3 is 2.47 bits per heavy atom. The highest BCUT2D eigenvalue weighted by molar-refractivity contribution is 6.32. The van der Waals surface area contributed by atoms with Crippen LogP contribution >= 0.6 is 11.6 Å². The number of halogens is 1. The van der Waals surface area contributed by atoms with Gasteiger partial charge in [0.1, 0.15) is 11.8 Å². The van der Waals surface area contributed by atoms with Gasteiger partial charge in [-0.25, -0.2) is 4.79 Å². The van der Waals surface area contributed by atoms with Gasteiger partial charge in [-0.2, -0.15) is 0 Å². The summed E-state index contributed by atoms with van der Waals surface area (Å²) in [4.78, 5) is 20.8. The normalized spacial score (nSPS) is 17.5. The lowest BCUT2D eigenvalue weighted by molar-refractivity contribution is -0.108. The van der Waals surface area contributed by atoms with Crippen molar-refractivity contribution in [2.75, 3.05) is 11.9 Å². The maximum atomic E-state index is 10.9. The molecule has 1 atom stereocenters. The van der Waals surface area contributed by atoms with Crippen LogP contribution in [0.3, 0.4) is 0 Å². The molecular weight excluding hydrogens is 458 g/mol. The van der Waals surface area contributed by atoms with Gasteiger partial charge in [-0.15, -0.1) is 0 Å². The molecule has 1 aliphatic carbocycles. The van der Waals surface area contributed by atoms with Crippen LogP contribution in [0.2, 0.25) is 5.02 Å². The van der Waals surface area contributed by atoms with Crippen molar-refractivity contribution in [2.45, 2.75) is 78.0 Å². The van der Waals surface area contributed by atoms with Gasteiger partial charge in [0.15, 0.2) is 0 Å². The van der Waals surface area contributed by atoms with Crippen molar-refractivity contribution in [3.05, 3.63) is 28.3 Å². The summed E-state index contributed by atoms with van der Waals surface area (Å²) in [6, 6.07) is 3.95. The van der Waals surface area contributed by atoms with E-state index < -0.39 is 17.7 Å². The van der Waals surface area contributed by atoms with E-state index in [0.29, 0.717) is 12.3 Å². The number of rotatable bonds is 6. The highest BCUT2D eigenvalue weighted by atomic mass is 35.5. The van der Waals surface area contributed by atoms with Crippen molar-refractivity contribution in [2.24, 2.45) is 5.92 Å². The first-order chi connectivity index (χ1) is 16.1. The summed E-state index contributed by atoms with van der Waals surface area (Å²) in [7, 11) is 0. The largest absolute Gasteiger partial charge is 0.444 e. The standard InChI is InChI=1S/C17H23ClN2O.C7H13N3O3/c1-2-12-13(18)8-9-14(16(12)17(19)11-6-7-11)20-15-5-3-4-10-21-15;1-7(2,3)13-6(12)10-5(8)9-4-11/h8-9,11,15,19-20H,2-7,10H2,1H3;4H,1-3H3,(H3,8,9,10,11,12). The first-order valence-electron chi connectivity index (χ1n) is 11.6. The predicted molar refractivity (Wildman–Crippen MR) is 134 cm³/mol. The van der Waals surface area contributed by atoms with Crippen molar-refractivity contribution in [1.29, 1.82) is 10.8 Å². The van der Waals surface area contributed by atoms with Crippen LogP contribution in [0.1, 0.15) is 70.9 Å². The van der Waals surface area contributed by atoms with E-state index in [-0.39, 0.29) is 6.23 Å². The molecule has 1 saturated carbocycles. The molecular formula is C24H36ClN5O4. The van der Waals surface area contributed by atoms with E-state index in [1.54, 1.807) is 20.8 Å². The highest BCUT2D eigenvalue weighted by Crippen LogP contribution is 2.38. The van der Waals surface area contributed by atoms with Crippen LogP contribution < -0.4 is 16.0 Å². The minimum absolute atomic E-state index is 0.0652. The van der Waals surface area contributed by atoms with E-state index in [9.17, 15) is 9.59 Å².